The van der Waals surface area contributed by atoms with Crippen LogP contribution in [0.15, 0.2) is 35.6 Å². The highest BCUT2D eigenvalue weighted by atomic mass is 35.5. The normalized spacial score (nSPS) is 19.8. The monoisotopic (exact) mass is 404 g/mol. The molecular formula is C20H25ClN4OS. The quantitative estimate of drug-likeness (QED) is 0.580. The molecule has 0 spiro atoms. The van der Waals surface area contributed by atoms with Gasteiger partial charge in [-0.2, -0.15) is 0 Å². The second-order valence-corrected chi connectivity index (χ2v) is 8.79. The highest BCUT2D eigenvalue weighted by Gasteiger charge is 2.23. The molecule has 1 aliphatic rings. The third-order valence-electron chi connectivity index (χ3n) is 4.57. The van der Waals surface area contributed by atoms with Crippen LogP contribution in [-0.2, 0) is 4.79 Å². The number of carbonyl (C=O) groups excluding carboxylic acids is 1. The number of benzene rings is 1. The third kappa shape index (κ3) is 5.59. The summed E-state index contributed by atoms with van der Waals surface area (Å²) < 4.78 is 0. The van der Waals surface area contributed by atoms with Gasteiger partial charge in [-0.3, -0.25) is 4.79 Å². The van der Waals surface area contributed by atoms with E-state index in [1.807, 2.05) is 31.2 Å². The van der Waals surface area contributed by atoms with Crippen LogP contribution in [0.4, 0.5) is 11.5 Å². The molecule has 0 saturated carbocycles. The van der Waals surface area contributed by atoms with E-state index in [2.05, 4.69) is 34.0 Å². The third-order valence-corrected chi connectivity index (χ3v) is 5.81. The summed E-state index contributed by atoms with van der Waals surface area (Å²) in [7, 11) is 0. The molecule has 1 aliphatic heterocycles. The molecule has 2 atom stereocenters. The number of hydrogen-bond donors (Lipinski definition) is 1. The number of nitrogens with one attached hydrogen (secondary N) is 1. The summed E-state index contributed by atoms with van der Waals surface area (Å²) in [6.07, 6.45) is 2.83. The predicted octanol–water partition coefficient (Wildman–Crippen LogP) is 4.65. The van der Waals surface area contributed by atoms with Crippen molar-refractivity contribution >= 4 is 40.8 Å². The van der Waals surface area contributed by atoms with Crippen molar-refractivity contribution in [2.45, 2.75) is 32.2 Å². The van der Waals surface area contributed by atoms with Gasteiger partial charge in [0.1, 0.15) is 17.2 Å². The Morgan fingerprint density at radius 2 is 2.00 bits per heavy atom. The van der Waals surface area contributed by atoms with Gasteiger partial charge < -0.3 is 10.2 Å². The molecule has 7 heteroatoms. The number of anilines is 2. The largest absolute Gasteiger partial charge is 0.356 e. The van der Waals surface area contributed by atoms with Gasteiger partial charge >= 0.3 is 0 Å². The van der Waals surface area contributed by atoms with Crippen LogP contribution in [0.3, 0.4) is 0 Å². The second-order valence-electron chi connectivity index (χ2n) is 7.39. The van der Waals surface area contributed by atoms with Crippen LogP contribution in [-0.4, -0.2) is 34.7 Å². The van der Waals surface area contributed by atoms with Crippen LogP contribution in [0.2, 0.25) is 5.02 Å². The Morgan fingerprint density at radius 1 is 1.26 bits per heavy atom. The Bertz CT molecular complexity index is 806. The summed E-state index contributed by atoms with van der Waals surface area (Å²) in [5.41, 5.74) is 1.69. The number of aromatic nitrogens is 2. The van der Waals surface area contributed by atoms with Gasteiger partial charge in [0.25, 0.3) is 0 Å². The molecule has 2 heterocycles. The van der Waals surface area contributed by atoms with E-state index in [0.717, 1.165) is 29.5 Å². The van der Waals surface area contributed by atoms with Crippen molar-refractivity contribution in [1.82, 2.24) is 9.97 Å². The van der Waals surface area contributed by atoms with E-state index < -0.39 is 0 Å². The molecule has 1 N–H and O–H groups in total. The van der Waals surface area contributed by atoms with Crippen molar-refractivity contribution in [3.63, 3.8) is 0 Å². The van der Waals surface area contributed by atoms with Crippen LogP contribution in [0, 0.1) is 18.8 Å². The second kappa shape index (κ2) is 8.93. The summed E-state index contributed by atoms with van der Waals surface area (Å²) in [6.45, 7) is 8.54. The first-order chi connectivity index (χ1) is 12.9. The van der Waals surface area contributed by atoms with Crippen LogP contribution in [0.25, 0.3) is 0 Å². The average Bonchev–Trinajstić information content (AvgIpc) is 2.62. The fourth-order valence-corrected chi connectivity index (χ4v) is 4.42. The molecule has 0 aliphatic carbocycles. The number of nitrogens with zero attached hydrogens (tertiary/aromatic N) is 3. The Kier molecular flexibility index (Phi) is 6.60. The maximum atomic E-state index is 12.3. The minimum atomic E-state index is -0.105. The Morgan fingerprint density at radius 3 is 2.70 bits per heavy atom. The minimum Gasteiger partial charge on any atom is -0.356 e. The standard InChI is InChI=1S/C20H25ClN4OS/c1-13-4-5-17(16(21)7-13)24-19(26)11-27-20-8-18(22-12-23-20)25-9-14(2)6-15(3)10-25/h4-5,7-8,12,14-15H,6,9-11H2,1-3H3,(H,24,26). The van der Waals surface area contributed by atoms with Gasteiger partial charge in [0.05, 0.1) is 16.5 Å². The van der Waals surface area contributed by atoms with E-state index in [9.17, 15) is 4.79 Å². The molecule has 1 amide bonds. The van der Waals surface area contributed by atoms with Gasteiger partial charge in [-0.1, -0.05) is 43.3 Å². The van der Waals surface area contributed by atoms with E-state index in [-0.39, 0.29) is 11.7 Å². The lowest BCUT2D eigenvalue weighted by atomic mass is 9.92. The lowest BCUT2D eigenvalue weighted by molar-refractivity contribution is -0.113. The van der Waals surface area contributed by atoms with Gasteiger partial charge in [0, 0.05) is 19.2 Å². The van der Waals surface area contributed by atoms with Crippen LogP contribution < -0.4 is 10.2 Å². The van der Waals surface area contributed by atoms with E-state index in [1.54, 1.807) is 6.33 Å². The first-order valence-corrected chi connectivity index (χ1v) is 10.5. The Labute approximate surface area is 169 Å². The molecule has 2 aromatic rings. The van der Waals surface area contributed by atoms with Crippen molar-refractivity contribution in [3.05, 3.63) is 41.2 Å². The smallest absolute Gasteiger partial charge is 0.234 e. The van der Waals surface area contributed by atoms with Gasteiger partial charge in [-0.05, 0) is 42.9 Å². The van der Waals surface area contributed by atoms with Crippen LogP contribution >= 0.6 is 23.4 Å². The lowest BCUT2D eigenvalue weighted by Crippen LogP contribution is -2.39. The van der Waals surface area contributed by atoms with Crippen molar-refractivity contribution < 1.29 is 4.79 Å². The molecule has 1 aromatic carbocycles. The van der Waals surface area contributed by atoms with Gasteiger partial charge in [-0.25, -0.2) is 9.97 Å². The summed E-state index contributed by atoms with van der Waals surface area (Å²) >= 11 is 7.58. The Balaban J connectivity index is 1.58. The summed E-state index contributed by atoms with van der Waals surface area (Å²) in [6, 6.07) is 7.55. The zero-order valence-electron chi connectivity index (χ0n) is 15.9. The predicted molar refractivity (Wildman–Crippen MR) is 113 cm³/mol. The van der Waals surface area contributed by atoms with E-state index in [1.165, 1.54) is 18.2 Å². The van der Waals surface area contributed by atoms with Crippen molar-refractivity contribution in [2.75, 3.05) is 29.1 Å². The SMILES string of the molecule is Cc1ccc(NC(=O)CSc2cc(N3CC(C)CC(C)C3)ncn2)c(Cl)c1. The average molecular weight is 405 g/mol. The molecule has 144 valence electrons. The number of piperidine rings is 1. The Hall–Kier alpha value is -1.79. The summed E-state index contributed by atoms with van der Waals surface area (Å²) in [5.74, 6) is 2.42. The van der Waals surface area contributed by atoms with Gasteiger partial charge in [0.2, 0.25) is 5.91 Å². The molecule has 3 rings (SSSR count). The highest BCUT2D eigenvalue weighted by Crippen LogP contribution is 2.27. The molecule has 1 aromatic heterocycles. The van der Waals surface area contributed by atoms with E-state index >= 15 is 0 Å². The lowest BCUT2D eigenvalue weighted by Gasteiger charge is -2.35. The number of rotatable bonds is 5. The molecular weight excluding hydrogens is 380 g/mol. The first kappa shape index (κ1) is 20.0. The summed E-state index contributed by atoms with van der Waals surface area (Å²) in [4.78, 5) is 23.3. The maximum Gasteiger partial charge on any atom is 0.234 e. The zero-order chi connectivity index (χ0) is 19.4. The summed E-state index contributed by atoms with van der Waals surface area (Å²) in [5, 5.41) is 4.20. The zero-order valence-corrected chi connectivity index (χ0v) is 17.5. The molecule has 5 nitrogen and oxygen atoms in total. The van der Waals surface area contributed by atoms with Crippen molar-refractivity contribution in [1.29, 1.82) is 0 Å². The number of thioether (sulfide) groups is 1. The number of aryl methyl sites for hydroxylation is 1. The van der Waals surface area contributed by atoms with Crippen molar-refractivity contribution in [2.24, 2.45) is 11.8 Å². The van der Waals surface area contributed by atoms with Crippen molar-refractivity contribution in [3.8, 4) is 0 Å². The molecule has 0 radical (unpaired) electrons. The molecule has 2 unspecified atom stereocenters. The van der Waals surface area contributed by atoms with Crippen LogP contribution in [0.5, 0.6) is 0 Å². The maximum absolute atomic E-state index is 12.3. The number of carbonyl (C=O) groups is 1. The van der Waals surface area contributed by atoms with Crippen LogP contribution in [0.1, 0.15) is 25.8 Å². The topological polar surface area (TPSA) is 58.1 Å². The first-order valence-electron chi connectivity index (χ1n) is 9.16. The van der Waals surface area contributed by atoms with Gasteiger partial charge in [-0.15, -0.1) is 0 Å². The number of halogens is 1. The number of amides is 1. The highest BCUT2D eigenvalue weighted by molar-refractivity contribution is 7.99. The minimum absolute atomic E-state index is 0.105. The van der Waals surface area contributed by atoms with E-state index in [0.29, 0.717) is 22.5 Å². The molecule has 1 saturated heterocycles. The fraction of sp³-hybridized carbons (Fsp3) is 0.450. The molecule has 1 fully saturated rings. The molecule has 27 heavy (non-hydrogen) atoms. The number of hydrogen-bond acceptors (Lipinski definition) is 5. The van der Waals surface area contributed by atoms with Gasteiger partial charge in [0.15, 0.2) is 0 Å². The van der Waals surface area contributed by atoms with E-state index in [4.69, 9.17) is 11.6 Å². The molecule has 0 bridgehead atoms. The fourth-order valence-electron chi connectivity index (χ4n) is 3.48.